The molecule has 0 unspecified atom stereocenters. The summed E-state index contributed by atoms with van der Waals surface area (Å²) in [5.41, 5.74) is 3.83. The Morgan fingerprint density at radius 3 is 2.81 bits per heavy atom. The molecule has 0 radical (unpaired) electrons. The minimum absolute atomic E-state index is 0.229. The Morgan fingerprint density at radius 2 is 2.12 bits per heavy atom. The molecule has 0 aliphatic heterocycles. The number of carbonyl (C=O) groups is 1. The predicted molar refractivity (Wildman–Crippen MR) is 110 cm³/mol. The van der Waals surface area contributed by atoms with Crippen LogP contribution in [0.15, 0.2) is 29.3 Å². The molecule has 5 nitrogen and oxygen atoms in total. The minimum Gasteiger partial charge on any atom is -0.316 e. The van der Waals surface area contributed by atoms with Crippen LogP contribution in [-0.2, 0) is 19.5 Å². The van der Waals surface area contributed by atoms with Gasteiger partial charge < -0.3 is 4.57 Å². The van der Waals surface area contributed by atoms with Crippen LogP contribution in [0.25, 0.3) is 10.2 Å². The fourth-order valence-electron chi connectivity index (χ4n) is 2.92. The van der Waals surface area contributed by atoms with Crippen LogP contribution in [0, 0.1) is 6.92 Å². The third-order valence-electron chi connectivity index (χ3n) is 4.29. The maximum Gasteiger partial charge on any atom is 0.297 e. The molecule has 0 spiro atoms. The molecule has 3 aromatic rings. The van der Waals surface area contributed by atoms with Crippen molar-refractivity contribution in [2.75, 3.05) is 12.0 Å². The molecule has 2 aromatic heterocycles. The van der Waals surface area contributed by atoms with Crippen molar-refractivity contribution in [1.82, 2.24) is 14.3 Å². The molecular weight excluding hydrogens is 364 g/mol. The molecule has 0 bridgehead atoms. The second-order valence-electron chi connectivity index (χ2n) is 6.09. The van der Waals surface area contributed by atoms with Gasteiger partial charge in [-0.3, -0.25) is 9.48 Å². The summed E-state index contributed by atoms with van der Waals surface area (Å²) >= 11 is 3.38. The average molecular weight is 389 g/mol. The van der Waals surface area contributed by atoms with Gasteiger partial charge in [0.15, 0.2) is 4.80 Å². The van der Waals surface area contributed by atoms with Crippen molar-refractivity contribution in [3.63, 3.8) is 0 Å². The number of benzene rings is 1. The van der Waals surface area contributed by atoms with E-state index >= 15 is 0 Å². The summed E-state index contributed by atoms with van der Waals surface area (Å²) in [5.74, 6) is 0.752. The molecule has 0 saturated carbocycles. The molecule has 0 atom stereocenters. The lowest BCUT2D eigenvalue weighted by atomic mass is 10.2. The average Bonchev–Trinajstić information content (AvgIpc) is 3.18. The summed E-state index contributed by atoms with van der Waals surface area (Å²) in [6.45, 7) is 7.52. The Morgan fingerprint density at radius 1 is 1.31 bits per heavy atom. The summed E-state index contributed by atoms with van der Waals surface area (Å²) < 4.78 is 5.06. The number of thiazole rings is 1. The second-order valence-corrected chi connectivity index (χ2v) is 8.08. The lowest BCUT2D eigenvalue weighted by Crippen LogP contribution is -2.19. The van der Waals surface area contributed by atoms with Crippen LogP contribution in [0.3, 0.4) is 0 Å². The molecule has 1 aromatic carbocycles. The SMILES string of the molecule is CCc1ccc2c(c1)sc(=NC(=O)c1cc(C)nn1CC)n2CCSC. The normalized spacial score (nSPS) is 12.2. The number of aromatic nitrogens is 3. The van der Waals surface area contributed by atoms with Crippen molar-refractivity contribution >= 4 is 39.2 Å². The summed E-state index contributed by atoms with van der Waals surface area (Å²) in [4.78, 5) is 18.0. The molecule has 0 saturated heterocycles. The highest BCUT2D eigenvalue weighted by Gasteiger charge is 2.14. The molecule has 138 valence electrons. The quantitative estimate of drug-likeness (QED) is 0.644. The van der Waals surface area contributed by atoms with E-state index < -0.39 is 0 Å². The highest BCUT2D eigenvalue weighted by molar-refractivity contribution is 7.98. The molecular formula is C19H24N4OS2. The molecule has 0 aliphatic rings. The van der Waals surface area contributed by atoms with Crippen LogP contribution in [-0.4, -0.2) is 32.3 Å². The van der Waals surface area contributed by atoms with Gasteiger partial charge in [-0.25, -0.2) is 0 Å². The number of hydrogen-bond donors (Lipinski definition) is 0. The molecule has 0 aliphatic carbocycles. The number of hydrogen-bond acceptors (Lipinski definition) is 4. The van der Waals surface area contributed by atoms with Crippen molar-refractivity contribution in [3.05, 3.63) is 46.0 Å². The first-order chi connectivity index (χ1) is 12.6. The van der Waals surface area contributed by atoms with Gasteiger partial charge in [0.25, 0.3) is 5.91 Å². The monoisotopic (exact) mass is 388 g/mol. The van der Waals surface area contributed by atoms with E-state index in [1.54, 1.807) is 27.8 Å². The van der Waals surface area contributed by atoms with Gasteiger partial charge in [0.05, 0.1) is 15.9 Å². The highest BCUT2D eigenvalue weighted by atomic mass is 32.2. The van der Waals surface area contributed by atoms with Gasteiger partial charge in [-0.1, -0.05) is 24.3 Å². The second kappa shape index (κ2) is 8.22. The molecule has 0 N–H and O–H groups in total. The van der Waals surface area contributed by atoms with Crippen molar-refractivity contribution in [3.8, 4) is 0 Å². The Kier molecular flexibility index (Phi) is 5.98. The van der Waals surface area contributed by atoms with E-state index in [1.165, 1.54) is 10.3 Å². The maximum absolute atomic E-state index is 12.8. The van der Waals surface area contributed by atoms with Crippen LogP contribution < -0.4 is 4.80 Å². The van der Waals surface area contributed by atoms with E-state index in [1.807, 2.05) is 19.9 Å². The summed E-state index contributed by atoms with van der Waals surface area (Å²) in [5, 5.41) is 4.36. The van der Waals surface area contributed by atoms with Gasteiger partial charge >= 0.3 is 0 Å². The third kappa shape index (κ3) is 3.78. The standard InChI is InChI=1S/C19H24N4OS2/c1-5-14-7-8-15-17(12-14)26-19(22(15)9-10-25-4)20-18(24)16-11-13(3)21-23(16)6-2/h7-8,11-12H,5-6,9-10H2,1-4H3. The first-order valence-corrected chi connectivity index (χ1v) is 11.0. The number of rotatable bonds is 6. The fraction of sp³-hybridized carbons (Fsp3) is 0.421. The Labute approximate surface area is 161 Å². The van der Waals surface area contributed by atoms with Crippen molar-refractivity contribution < 1.29 is 4.79 Å². The van der Waals surface area contributed by atoms with E-state index in [9.17, 15) is 4.79 Å². The topological polar surface area (TPSA) is 52.2 Å². The number of thioether (sulfide) groups is 1. The van der Waals surface area contributed by atoms with Gasteiger partial charge in [-0.15, -0.1) is 0 Å². The molecule has 2 heterocycles. The smallest absolute Gasteiger partial charge is 0.297 e. The van der Waals surface area contributed by atoms with Gasteiger partial charge in [0.2, 0.25) is 0 Å². The van der Waals surface area contributed by atoms with Gasteiger partial charge in [-0.2, -0.15) is 21.9 Å². The van der Waals surface area contributed by atoms with E-state index in [2.05, 4.69) is 46.0 Å². The number of carbonyl (C=O) groups excluding carboxylic acids is 1. The lowest BCUT2D eigenvalue weighted by molar-refractivity contribution is 0.0987. The molecule has 7 heteroatoms. The van der Waals surface area contributed by atoms with Crippen molar-refractivity contribution in [1.29, 1.82) is 0 Å². The summed E-state index contributed by atoms with van der Waals surface area (Å²) in [6.07, 6.45) is 3.09. The largest absolute Gasteiger partial charge is 0.316 e. The fourth-order valence-corrected chi connectivity index (χ4v) is 4.41. The minimum atomic E-state index is -0.229. The zero-order chi connectivity index (χ0) is 18.7. The first-order valence-electron chi connectivity index (χ1n) is 8.82. The Balaban J connectivity index is 2.12. The Hall–Kier alpha value is -1.86. The lowest BCUT2D eigenvalue weighted by Gasteiger charge is -2.04. The zero-order valence-corrected chi connectivity index (χ0v) is 17.3. The van der Waals surface area contributed by atoms with Crippen LogP contribution in [0.5, 0.6) is 0 Å². The summed E-state index contributed by atoms with van der Waals surface area (Å²) in [6, 6.07) is 8.32. The number of amides is 1. The van der Waals surface area contributed by atoms with Crippen LogP contribution in [0.2, 0.25) is 0 Å². The van der Waals surface area contributed by atoms with Gasteiger partial charge in [0.1, 0.15) is 5.69 Å². The van der Waals surface area contributed by atoms with E-state index in [4.69, 9.17) is 0 Å². The Bertz CT molecular complexity index is 997. The molecule has 3 rings (SSSR count). The predicted octanol–water partition coefficient (Wildman–Crippen LogP) is 3.89. The maximum atomic E-state index is 12.8. The number of fused-ring (bicyclic) bond motifs is 1. The van der Waals surface area contributed by atoms with E-state index in [0.717, 1.165) is 34.7 Å². The van der Waals surface area contributed by atoms with Gasteiger partial charge in [0, 0.05) is 18.8 Å². The van der Waals surface area contributed by atoms with Crippen molar-refractivity contribution in [2.45, 2.75) is 40.3 Å². The zero-order valence-electron chi connectivity index (χ0n) is 15.7. The van der Waals surface area contributed by atoms with E-state index in [0.29, 0.717) is 12.2 Å². The van der Waals surface area contributed by atoms with Crippen LogP contribution in [0.4, 0.5) is 0 Å². The number of nitrogens with zero attached hydrogens (tertiary/aromatic N) is 4. The van der Waals surface area contributed by atoms with E-state index in [-0.39, 0.29) is 5.91 Å². The first kappa shape index (κ1) is 18.9. The van der Waals surface area contributed by atoms with Gasteiger partial charge in [-0.05, 0) is 50.3 Å². The third-order valence-corrected chi connectivity index (χ3v) is 5.92. The molecule has 26 heavy (non-hydrogen) atoms. The molecule has 0 fully saturated rings. The van der Waals surface area contributed by atoms with Crippen LogP contribution >= 0.6 is 23.1 Å². The highest BCUT2D eigenvalue weighted by Crippen LogP contribution is 2.20. The summed E-state index contributed by atoms with van der Waals surface area (Å²) in [7, 11) is 0. The number of aryl methyl sites for hydroxylation is 4. The molecule has 1 amide bonds. The van der Waals surface area contributed by atoms with Crippen molar-refractivity contribution in [2.24, 2.45) is 4.99 Å². The van der Waals surface area contributed by atoms with Crippen LogP contribution in [0.1, 0.15) is 35.6 Å².